The van der Waals surface area contributed by atoms with Crippen molar-refractivity contribution in [1.29, 1.82) is 0 Å². The summed E-state index contributed by atoms with van der Waals surface area (Å²) in [6, 6.07) is 0. The molecule has 1 aromatic rings. The number of carbonyl (C=O) groups excluding carboxylic acids is 1. The number of nitrogens with two attached hydrogens (primary N) is 1. The van der Waals surface area contributed by atoms with Gasteiger partial charge in [0, 0.05) is 32.3 Å². The summed E-state index contributed by atoms with van der Waals surface area (Å²) in [6.07, 6.45) is 5.88. The van der Waals surface area contributed by atoms with E-state index in [0.717, 1.165) is 25.7 Å². The first-order valence-corrected chi connectivity index (χ1v) is 9.80. The minimum Gasteiger partial charge on any atom is -0.390 e. The number of rotatable bonds is 11. The van der Waals surface area contributed by atoms with Crippen molar-refractivity contribution in [2.24, 2.45) is 5.73 Å². The largest absolute Gasteiger partial charge is 0.390 e. The average molecular weight is 410 g/mol. The zero-order chi connectivity index (χ0) is 21.2. The molecule has 3 atom stereocenters. The lowest BCUT2D eigenvalue weighted by atomic mass is 10.2. The zero-order valence-electron chi connectivity index (χ0n) is 16.6. The fourth-order valence-electron chi connectivity index (χ4n) is 3.09. The van der Waals surface area contributed by atoms with Gasteiger partial charge in [0.1, 0.15) is 12.3 Å². The fraction of sp³-hybridized carbons (Fsp3) is 0.632. The summed E-state index contributed by atoms with van der Waals surface area (Å²) in [4.78, 5) is 38.3. The third-order valence-electron chi connectivity index (χ3n) is 4.69. The van der Waals surface area contributed by atoms with E-state index in [1.807, 2.05) is 0 Å². The first kappa shape index (κ1) is 23.0. The molecule has 29 heavy (non-hydrogen) atoms. The SMILES string of the molecule is COC[C@H]1O[C@@H](n2cc(C=CC(=O)NCCCCCCN)c(=O)[nH]c2=O)C[C@H]1O. The van der Waals surface area contributed by atoms with Crippen molar-refractivity contribution in [2.45, 2.75) is 50.5 Å². The number of hydrogen-bond acceptors (Lipinski definition) is 7. The van der Waals surface area contributed by atoms with Gasteiger partial charge in [-0.2, -0.15) is 0 Å². The van der Waals surface area contributed by atoms with Gasteiger partial charge in [0.15, 0.2) is 0 Å². The predicted molar refractivity (Wildman–Crippen MR) is 107 cm³/mol. The quantitative estimate of drug-likeness (QED) is 0.283. The molecular weight excluding hydrogens is 380 g/mol. The Bertz CT molecular complexity index is 803. The highest BCUT2D eigenvalue weighted by atomic mass is 16.6. The van der Waals surface area contributed by atoms with Crippen molar-refractivity contribution in [3.63, 3.8) is 0 Å². The second-order valence-electron chi connectivity index (χ2n) is 6.97. The van der Waals surface area contributed by atoms with Gasteiger partial charge in [0.2, 0.25) is 5.91 Å². The number of ether oxygens (including phenoxy) is 2. The second kappa shape index (κ2) is 11.7. The van der Waals surface area contributed by atoms with Gasteiger partial charge in [0.05, 0.1) is 18.3 Å². The lowest BCUT2D eigenvalue weighted by Crippen LogP contribution is -2.33. The summed E-state index contributed by atoms with van der Waals surface area (Å²) in [5.41, 5.74) is 4.31. The number of aliphatic hydroxyl groups excluding tert-OH is 1. The average Bonchev–Trinajstić information content (AvgIpc) is 3.04. The van der Waals surface area contributed by atoms with E-state index < -0.39 is 29.7 Å². The second-order valence-corrected chi connectivity index (χ2v) is 6.97. The molecule has 0 aromatic carbocycles. The van der Waals surface area contributed by atoms with Crippen LogP contribution in [0.2, 0.25) is 0 Å². The van der Waals surface area contributed by atoms with Crippen molar-refractivity contribution < 1.29 is 19.4 Å². The molecular formula is C19H30N4O6. The Morgan fingerprint density at radius 3 is 2.90 bits per heavy atom. The number of unbranched alkanes of at least 4 members (excludes halogenated alkanes) is 3. The van der Waals surface area contributed by atoms with Crippen LogP contribution in [0.3, 0.4) is 0 Å². The van der Waals surface area contributed by atoms with Gasteiger partial charge in [0.25, 0.3) is 5.56 Å². The summed E-state index contributed by atoms with van der Waals surface area (Å²) >= 11 is 0. The Kier molecular flexibility index (Phi) is 9.26. The van der Waals surface area contributed by atoms with Gasteiger partial charge in [-0.15, -0.1) is 0 Å². The molecule has 1 aliphatic rings. The molecule has 1 saturated heterocycles. The smallest absolute Gasteiger partial charge is 0.330 e. The lowest BCUT2D eigenvalue weighted by Gasteiger charge is -2.15. The summed E-state index contributed by atoms with van der Waals surface area (Å²) < 4.78 is 11.8. The number of aliphatic hydroxyl groups is 1. The topological polar surface area (TPSA) is 149 Å². The number of nitrogens with zero attached hydrogens (tertiary/aromatic N) is 1. The van der Waals surface area contributed by atoms with E-state index >= 15 is 0 Å². The van der Waals surface area contributed by atoms with Gasteiger partial charge in [-0.25, -0.2) is 4.79 Å². The highest BCUT2D eigenvalue weighted by molar-refractivity contribution is 5.91. The van der Waals surface area contributed by atoms with Crippen molar-refractivity contribution in [2.75, 3.05) is 26.8 Å². The molecule has 5 N–H and O–H groups in total. The van der Waals surface area contributed by atoms with Crippen molar-refractivity contribution in [1.82, 2.24) is 14.9 Å². The number of aromatic amines is 1. The van der Waals surface area contributed by atoms with Crippen molar-refractivity contribution in [3.8, 4) is 0 Å². The zero-order valence-corrected chi connectivity index (χ0v) is 16.6. The van der Waals surface area contributed by atoms with Gasteiger partial charge >= 0.3 is 5.69 Å². The van der Waals surface area contributed by atoms with Crippen LogP contribution in [0.4, 0.5) is 0 Å². The molecule has 0 saturated carbocycles. The van der Waals surface area contributed by atoms with Crippen LogP contribution in [0.25, 0.3) is 6.08 Å². The Morgan fingerprint density at radius 1 is 1.41 bits per heavy atom. The first-order chi connectivity index (χ1) is 14.0. The normalized spacial score (nSPS) is 21.7. The maximum Gasteiger partial charge on any atom is 0.330 e. The van der Waals surface area contributed by atoms with Crippen LogP contribution in [0, 0.1) is 0 Å². The summed E-state index contributed by atoms with van der Waals surface area (Å²) in [5.74, 6) is -0.325. The molecule has 1 fully saturated rings. The Labute approximate surface area is 168 Å². The molecule has 10 heteroatoms. The van der Waals surface area contributed by atoms with E-state index in [4.69, 9.17) is 15.2 Å². The molecule has 10 nitrogen and oxygen atoms in total. The summed E-state index contributed by atoms with van der Waals surface area (Å²) in [5, 5.41) is 12.8. The summed E-state index contributed by atoms with van der Waals surface area (Å²) in [6.45, 7) is 1.40. The third kappa shape index (κ3) is 6.93. The standard InChI is InChI=1S/C19H30N4O6/c1-28-12-15-14(24)10-17(29-15)23-11-13(18(26)22-19(23)27)6-7-16(25)21-9-5-3-2-4-8-20/h6-7,11,14-15,17,24H,2-5,8-10,12,20H2,1H3,(H,21,25)(H,22,26,27)/t14-,15-,17-/m1/s1. The van der Waals surface area contributed by atoms with E-state index in [1.54, 1.807) is 0 Å². The van der Waals surface area contributed by atoms with Crippen LogP contribution in [0.15, 0.2) is 21.9 Å². The van der Waals surface area contributed by atoms with Gasteiger partial charge in [-0.05, 0) is 25.5 Å². The minimum atomic E-state index is -0.784. The summed E-state index contributed by atoms with van der Waals surface area (Å²) in [7, 11) is 1.49. The maximum atomic E-state index is 12.1. The molecule has 0 radical (unpaired) electrons. The monoisotopic (exact) mass is 410 g/mol. The van der Waals surface area contributed by atoms with E-state index in [0.29, 0.717) is 13.1 Å². The van der Waals surface area contributed by atoms with Crippen LogP contribution >= 0.6 is 0 Å². The number of amides is 1. The van der Waals surface area contributed by atoms with E-state index in [-0.39, 0.29) is 24.5 Å². The van der Waals surface area contributed by atoms with E-state index in [9.17, 15) is 19.5 Å². The Morgan fingerprint density at radius 2 is 2.17 bits per heavy atom. The molecule has 1 aromatic heterocycles. The number of hydrogen-bond donors (Lipinski definition) is 4. The number of aromatic nitrogens is 2. The lowest BCUT2D eigenvalue weighted by molar-refractivity contribution is -0.116. The highest BCUT2D eigenvalue weighted by Crippen LogP contribution is 2.27. The van der Waals surface area contributed by atoms with Crippen molar-refractivity contribution >= 4 is 12.0 Å². The van der Waals surface area contributed by atoms with E-state index in [2.05, 4.69) is 10.3 Å². The number of H-pyrrole nitrogens is 1. The van der Waals surface area contributed by atoms with Gasteiger partial charge < -0.3 is 25.6 Å². The Balaban J connectivity index is 1.98. The molecule has 0 aliphatic carbocycles. The fourth-order valence-corrected chi connectivity index (χ4v) is 3.09. The third-order valence-corrected chi connectivity index (χ3v) is 4.69. The molecule has 162 valence electrons. The Hall–Kier alpha value is -2.27. The van der Waals surface area contributed by atoms with E-state index in [1.165, 1.54) is 30.0 Å². The molecule has 2 rings (SSSR count). The molecule has 0 spiro atoms. The number of methoxy groups -OCH3 is 1. The van der Waals surface area contributed by atoms with Gasteiger partial charge in [-0.1, -0.05) is 12.8 Å². The van der Waals surface area contributed by atoms with Crippen LogP contribution in [0.5, 0.6) is 0 Å². The highest BCUT2D eigenvalue weighted by Gasteiger charge is 2.35. The molecule has 0 bridgehead atoms. The van der Waals surface area contributed by atoms with Crippen LogP contribution in [-0.4, -0.2) is 59.6 Å². The minimum absolute atomic E-state index is 0.135. The molecule has 0 unspecified atom stereocenters. The number of carbonyl (C=O) groups is 1. The first-order valence-electron chi connectivity index (χ1n) is 9.80. The van der Waals surface area contributed by atoms with Crippen molar-refractivity contribution in [3.05, 3.63) is 38.7 Å². The maximum absolute atomic E-state index is 12.1. The van der Waals surface area contributed by atoms with Gasteiger partial charge in [-0.3, -0.25) is 19.1 Å². The molecule has 1 aliphatic heterocycles. The van der Waals surface area contributed by atoms with Crippen LogP contribution in [-0.2, 0) is 14.3 Å². The molecule has 1 amide bonds. The van der Waals surface area contributed by atoms with Crippen LogP contribution in [0.1, 0.15) is 43.9 Å². The predicted octanol–water partition coefficient (Wildman–Crippen LogP) is -0.520. The number of nitrogens with one attached hydrogen (secondary N) is 2. The molecule has 2 heterocycles. The van der Waals surface area contributed by atoms with Crippen LogP contribution < -0.4 is 22.3 Å².